The summed E-state index contributed by atoms with van der Waals surface area (Å²) in [6, 6.07) is 16.7. The SMILES string of the molecule is Cc1cc(-c2ncnc3[nH]c(-c4ccc(N5CCNCC5)cc4)cc23)ccc1C(C)NC(=O)c1nc(C(C)(C)C)no1. The third-order valence-electron chi connectivity index (χ3n) is 7.73. The van der Waals surface area contributed by atoms with Gasteiger partial charge in [0, 0.05) is 53.9 Å². The number of piperazine rings is 1. The highest BCUT2D eigenvalue weighted by Crippen LogP contribution is 2.32. The molecule has 1 aliphatic rings. The van der Waals surface area contributed by atoms with Crippen molar-refractivity contribution < 1.29 is 9.32 Å². The molecule has 3 aromatic heterocycles. The van der Waals surface area contributed by atoms with Crippen LogP contribution in [-0.4, -0.2) is 57.2 Å². The highest BCUT2D eigenvalue weighted by atomic mass is 16.5. The number of amides is 1. The second kappa shape index (κ2) is 11.0. The molecule has 10 nitrogen and oxygen atoms in total. The molecule has 1 amide bonds. The number of fused-ring (bicyclic) bond motifs is 1. The summed E-state index contributed by atoms with van der Waals surface area (Å²) in [6.07, 6.45) is 1.59. The maximum atomic E-state index is 12.8. The van der Waals surface area contributed by atoms with Crippen LogP contribution in [0.15, 0.2) is 59.4 Å². The van der Waals surface area contributed by atoms with Crippen LogP contribution >= 0.6 is 0 Å². The smallest absolute Gasteiger partial charge is 0.315 e. The molecule has 10 heteroatoms. The molecule has 1 atom stereocenters. The van der Waals surface area contributed by atoms with E-state index in [9.17, 15) is 4.79 Å². The standard InChI is InChI=1S/C32H36N8O2/c1-19-16-22(8-11-24(19)20(2)36-29(41)30-38-31(39-42-30)32(3,4)5)27-25-17-26(37-28(25)35-18-34-27)21-6-9-23(10-7-21)40-14-12-33-13-15-40/h6-11,16-18,20,33H,12-15H2,1-5H3,(H,36,41)(H,34,35,37). The van der Waals surface area contributed by atoms with Gasteiger partial charge in [-0.3, -0.25) is 4.79 Å². The van der Waals surface area contributed by atoms with E-state index < -0.39 is 5.91 Å². The van der Waals surface area contributed by atoms with E-state index in [1.54, 1.807) is 6.33 Å². The molecule has 5 aromatic rings. The number of nitrogens with zero attached hydrogens (tertiary/aromatic N) is 5. The first-order valence-corrected chi connectivity index (χ1v) is 14.3. The first-order chi connectivity index (χ1) is 20.2. The summed E-state index contributed by atoms with van der Waals surface area (Å²) >= 11 is 0. The van der Waals surface area contributed by atoms with Crippen molar-refractivity contribution in [2.45, 2.75) is 46.1 Å². The van der Waals surface area contributed by atoms with E-state index in [4.69, 9.17) is 4.52 Å². The van der Waals surface area contributed by atoms with Gasteiger partial charge in [0.1, 0.15) is 12.0 Å². The lowest BCUT2D eigenvalue weighted by molar-refractivity contribution is 0.0895. The van der Waals surface area contributed by atoms with Crippen molar-refractivity contribution in [2.24, 2.45) is 0 Å². The first-order valence-electron chi connectivity index (χ1n) is 14.3. The fourth-order valence-electron chi connectivity index (χ4n) is 5.37. The van der Waals surface area contributed by atoms with E-state index >= 15 is 0 Å². The largest absolute Gasteiger partial charge is 0.369 e. The topological polar surface area (TPSA) is 125 Å². The second-order valence-electron chi connectivity index (χ2n) is 11.9. The van der Waals surface area contributed by atoms with Gasteiger partial charge in [-0.2, -0.15) is 4.98 Å². The summed E-state index contributed by atoms with van der Waals surface area (Å²) in [4.78, 5) is 32.1. The summed E-state index contributed by atoms with van der Waals surface area (Å²) in [6.45, 7) is 13.9. The Morgan fingerprint density at radius 3 is 2.45 bits per heavy atom. The van der Waals surface area contributed by atoms with Gasteiger partial charge in [-0.1, -0.05) is 50.2 Å². The quantitative estimate of drug-likeness (QED) is 0.258. The van der Waals surface area contributed by atoms with Gasteiger partial charge in [-0.25, -0.2) is 9.97 Å². The fraction of sp³-hybridized carbons (Fsp3) is 0.344. The van der Waals surface area contributed by atoms with Crippen LogP contribution in [0.4, 0.5) is 5.69 Å². The monoisotopic (exact) mass is 564 g/mol. The third-order valence-corrected chi connectivity index (χ3v) is 7.73. The zero-order valence-corrected chi connectivity index (χ0v) is 24.7. The number of benzene rings is 2. The Labute approximate surface area is 245 Å². The van der Waals surface area contributed by atoms with Crippen molar-refractivity contribution >= 4 is 22.6 Å². The van der Waals surface area contributed by atoms with Crippen LogP contribution in [0.25, 0.3) is 33.5 Å². The zero-order chi connectivity index (χ0) is 29.4. The van der Waals surface area contributed by atoms with Crippen molar-refractivity contribution in [1.82, 2.24) is 35.7 Å². The lowest BCUT2D eigenvalue weighted by atomic mass is 9.96. The maximum absolute atomic E-state index is 12.8. The minimum atomic E-state index is -0.396. The predicted octanol–water partition coefficient (Wildman–Crippen LogP) is 5.18. The maximum Gasteiger partial charge on any atom is 0.315 e. The molecule has 3 N–H and O–H groups in total. The minimum Gasteiger partial charge on any atom is -0.369 e. The summed E-state index contributed by atoms with van der Waals surface area (Å²) in [5, 5.41) is 11.3. The van der Waals surface area contributed by atoms with Crippen LogP contribution < -0.4 is 15.5 Å². The summed E-state index contributed by atoms with van der Waals surface area (Å²) in [5.41, 5.74) is 7.69. The van der Waals surface area contributed by atoms with Crippen molar-refractivity contribution in [3.63, 3.8) is 0 Å². The van der Waals surface area contributed by atoms with Gasteiger partial charge < -0.3 is 25.0 Å². The molecule has 0 saturated carbocycles. The predicted molar refractivity (Wildman–Crippen MR) is 163 cm³/mol. The van der Waals surface area contributed by atoms with Crippen LogP contribution in [0.1, 0.15) is 61.4 Å². The highest BCUT2D eigenvalue weighted by molar-refractivity contribution is 5.94. The number of nitrogens with one attached hydrogen (secondary N) is 3. The number of carbonyl (C=O) groups excluding carboxylic acids is 1. The lowest BCUT2D eigenvalue weighted by Crippen LogP contribution is -2.43. The Kier molecular flexibility index (Phi) is 7.24. The van der Waals surface area contributed by atoms with Crippen LogP contribution in [-0.2, 0) is 5.41 Å². The van der Waals surface area contributed by atoms with Gasteiger partial charge in [-0.15, -0.1) is 0 Å². The highest BCUT2D eigenvalue weighted by Gasteiger charge is 2.25. The molecule has 0 bridgehead atoms. The Balaban J connectivity index is 1.21. The first kappa shape index (κ1) is 27.6. The molecule has 6 rings (SSSR count). The molecule has 2 aromatic carbocycles. The van der Waals surface area contributed by atoms with Gasteiger partial charge in [0.25, 0.3) is 0 Å². The number of anilines is 1. The Hall–Kier alpha value is -4.57. The van der Waals surface area contributed by atoms with E-state index in [1.165, 1.54) is 5.69 Å². The van der Waals surface area contributed by atoms with E-state index in [0.717, 1.165) is 70.9 Å². The molecule has 1 aliphatic heterocycles. The number of aromatic amines is 1. The van der Waals surface area contributed by atoms with Crippen molar-refractivity contribution in [3.8, 4) is 22.5 Å². The molecule has 1 fully saturated rings. The van der Waals surface area contributed by atoms with Gasteiger partial charge in [0.05, 0.1) is 11.7 Å². The molecule has 1 saturated heterocycles. The van der Waals surface area contributed by atoms with Gasteiger partial charge in [-0.05, 0) is 54.8 Å². The molecular formula is C32H36N8O2. The van der Waals surface area contributed by atoms with E-state index in [-0.39, 0.29) is 17.3 Å². The van der Waals surface area contributed by atoms with Crippen molar-refractivity contribution in [2.75, 3.05) is 31.1 Å². The van der Waals surface area contributed by atoms with Gasteiger partial charge >= 0.3 is 11.8 Å². The fourth-order valence-corrected chi connectivity index (χ4v) is 5.37. The van der Waals surface area contributed by atoms with Crippen LogP contribution in [0.3, 0.4) is 0 Å². The molecule has 0 spiro atoms. The number of rotatable bonds is 6. The molecule has 0 aliphatic carbocycles. The Morgan fingerprint density at radius 2 is 1.76 bits per heavy atom. The Morgan fingerprint density at radius 1 is 1.02 bits per heavy atom. The molecule has 0 radical (unpaired) electrons. The summed E-state index contributed by atoms with van der Waals surface area (Å²) < 4.78 is 5.21. The molecule has 4 heterocycles. The van der Waals surface area contributed by atoms with Gasteiger partial charge in [0.15, 0.2) is 5.82 Å². The van der Waals surface area contributed by atoms with E-state index in [1.807, 2.05) is 46.8 Å². The van der Waals surface area contributed by atoms with E-state index in [2.05, 4.69) is 77.0 Å². The number of carbonyl (C=O) groups is 1. The lowest BCUT2D eigenvalue weighted by Gasteiger charge is -2.29. The number of aromatic nitrogens is 5. The minimum absolute atomic E-state index is 0.0360. The van der Waals surface area contributed by atoms with Crippen molar-refractivity contribution in [1.29, 1.82) is 0 Å². The number of aryl methyl sites for hydroxylation is 1. The number of hydrogen-bond acceptors (Lipinski definition) is 8. The van der Waals surface area contributed by atoms with Crippen LogP contribution in [0, 0.1) is 6.92 Å². The second-order valence-corrected chi connectivity index (χ2v) is 11.9. The molecule has 216 valence electrons. The molecular weight excluding hydrogens is 528 g/mol. The van der Waals surface area contributed by atoms with Crippen LogP contribution in [0.2, 0.25) is 0 Å². The summed E-state index contributed by atoms with van der Waals surface area (Å²) in [5.74, 6) is 0.0654. The average Bonchev–Trinajstić information content (AvgIpc) is 3.66. The van der Waals surface area contributed by atoms with Crippen molar-refractivity contribution in [3.05, 3.63) is 77.7 Å². The number of hydrogen-bond donors (Lipinski definition) is 3. The molecule has 42 heavy (non-hydrogen) atoms. The normalized spacial score (nSPS) is 14.7. The van der Waals surface area contributed by atoms with Gasteiger partial charge in [0.2, 0.25) is 0 Å². The molecule has 1 unspecified atom stereocenters. The average molecular weight is 565 g/mol. The third kappa shape index (κ3) is 5.49. The number of H-pyrrole nitrogens is 1. The van der Waals surface area contributed by atoms with E-state index in [0.29, 0.717) is 5.82 Å². The Bertz CT molecular complexity index is 1730. The van der Waals surface area contributed by atoms with Crippen LogP contribution in [0.5, 0.6) is 0 Å². The summed E-state index contributed by atoms with van der Waals surface area (Å²) in [7, 11) is 0. The zero-order valence-electron chi connectivity index (χ0n) is 24.7.